The highest BCUT2D eigenvalue weighted by molar-refractivity contribution is 5.75. The monoisotopic (exact) mass is 258 g/mol. The molecule has 1 unspecified atom stereocenters. The molecule has 2 rings (SSSR count). The van der Waals surface area contributed by atoms with Gasteiger partial charge in [-0.05, 0) is 36.2 Å². The maximum absolute atomic E-state index is 11.3. The normalized spacial score (nSPS) is 11.8. The maximum atomic E-state index is 11.3. The molecule has 2 aromatic rings. The van der Waals surface area contributed by atoms with Crippen LogP contribution in [0.2, 0.25) is 0 Å². The summed E-state index contributed by atoms with van der Waals surface area (Å²) in [4.78, 5) is 11.3. The number of carboxylic acid groups (broad SMARTS) is 1. The van der Waals surface area contributed by atoms with Gasteiger partial charge in [0.25, 0.3) is 0 Å². The van der Waals surface area contributed by atoms with E-state index in [1.807, 2.05) is 24.3 Å². The zero-order chi connectivity index (χ0) is 13.7. The van der Waals surface area contributed by atoms with Gasteiger partial charge in [-0.2, -0.15) is 10.2 Å². The fraction of sp³-hybridized carbons (Fsp3) is 0.214. The molecule has 0 fully saturated rings. The van der Waals surface area contributed by atoms with Gasteiger partial charge in [0.1, 0.15) is 11.7 Å². The molecule has 1 heterocycles. The maximum Gasteiger partial charge on any atom is 0.313 e. The van der Waals surface area contributed by atoms with Gasteiger partial charge in [0.05, 0.1) is 12.8 Å². The zero-order valence-corrected chi connectivity index (χ0v) is 10.5. The largest absolute Gasteiger partial charge is 0.497 e. The number of carbonyl (C=O) groups is 1. The van der Waals surface area contributed by atoms with Gasteiger partial charge in [-0.3, -0.25) is 4.79 Å². The molecule has 0 amide bonds. The first-order valence-electron chi connectivity index (χ1n) is 5.84. The summed E-state index contributed by atoms with van der Waals surface area (Å²) in [6.45, 7) is 0. The highest BCUT2D eigenvalue weighted by Gasteiger charge is 2.21. The van der Waals surface area contributed by atoms with Gasteiger partial charge in [0, 0.05) is 6.20 Å². The number of rotatable bonds is 5. The van der Waals surface area contributed by atoms with E-state index in [1.165, 1.54) is 6.20 Å². The average Bonchev–Trinajstić information content (AvgIpc) is 2.46. The van der Waals surface area contributed by atoms with Crippen LogP contribution in [0.25, 0.3) is 0 Å². The summed E-state index contributed by atoms with van der Waals surface area (Å²) in [5, 5.41) is 16.9. The molecule has 0 spiro atoms. The Kier molecular flexibility index (Phi) is 4.07. The van der Waals surface area contributed by atoms with Gasteiger partial charge >= 0.3 is 5.97 Å². The lowest BCUT2D eigenvalue weighted by molar-refractivity contribution is -0.138. The van der Waals surface area contributed by atoms with Gasteiger partial charge in [-0.15, -0.1) is 0 Å². The summed E-state index contributed by atoms with van der Waals surface area (Å²) in [6, 6.07) is 10.7. The van der Waals surface area contributed by atoms with E-state index in [0.717, 1.165) is 11.3 Å². The van der Waals surface area contributed by atoms with Gasteiger partial charge in [0.15, 0.2) is 0 Å². The summed E-state index contributed by atoms with van der Waals surface area (Å²) in [5.74, 6) is -0.853. The van der Waals surface area contributed by atoms with Crippen LogP contribution in [0.5, 0.6) is 5.75 Å². The zero-order valence-electron chi connectivity index (χ0n) is 10.5. The fourth-order valence-electron chi connectivity index (χ4n) is 1.82. The van der Waals surface area contributed by atoms with Crippen LogP contribution in [0, 0.1) is 0 Å². The molecule has 5 nitrogen and oxygen atoms in total. The molecule has 1 aromatic heterocycles. The Balaban J connectivity index is 2.19. The first-order valence-corrected chi connectivity index (χ1v) is 5.84. The summed E-state index contributed by atoms with van der Waals surface area (Å²) in [6.07, 6.45) is 1.90. The van der Waals surface area contributed by atoms with Crippen LogP contribution in [-0.2, 0) is 11.2 Å². The molecule has 0 saturated carbocycles. The molecule has 0 aliphatic rings. The Hall–Kier alpha value is -2.43. The van der Waals surface area contributed by atoms with E-state index >= 15 is 0 Å². The van der Waals surface area contributed by atoms with Gasteiger partial charge < -0.3 is 9.84 Å². The van der Waals surface area contributed by atoms with Gasteiger partial charge in [-0.25, -0.2) is 0 Å². The second kappa shape index (κ2) is 5.95. The molecule has 0 radical (unpaired) electrons. The van der Waals surface area contributed by atoms with Crippen LogP contribution in [0.3, 0.4) is 0 Å². The highest BCUT2D eigenvalue weighted by atomic mass is 16.5. The Morgan fingerprint density at radius 3 is 2.58 bits per heavy atom. The lowest BCUT2D eigenvalue weighted by Crippen LogP contribution is -2.16. The van der Waals surface area contributed by atoms with Crippen molar-refractivity contribution in [3.05, 3.63) is 53.9 Å². The molecular weight excluding hydrogens is 244 g/mol. The van der Waals surface area contributed by atoms with E-state index < -0.39 is 11.9 Å². The molecule has 0 saturated heterocycles. The summed E-state index contributed by atoms with van der Waals surface area (Å²) >= 11 is 0. The lowest BCUT2D eigenvalue weighted by Gasteiger charge is -2.11. The second-order valence-corrected chi connectivity index (χ2v) is 4.09. The van der Waals surface area contributed by atoms with E-state index in [2.05, 4.69) is 10.2 Å². The van der Waals surface area contributed by atoms with Crippen LogP contribution in [-0.4, -0.2) is 28.4 Å². The van der Waals surface area contributed by atoms with Gasteiger partial charge in [-0.1, -0.05) is 12.1 Å². The molecule has 19 heavy (non-hydrogen) atoms. The van der Waals surface area contributed by atoms with E-state index in [0.29, 0.717) is 12.1 Å². The van der Waals surface area contributed by atoms with Crippen LogP contribution in [0.4, 0.5) is 0 Å². The van der Waals surface area contributed by atoms with E-state index in [1.54, 1.807) is 19.2 Å². The average molecular weight is 258 g/mol. The standard InChI is InChI=1S/C14H14N2O3/c1-19-11-6-4-10(5-7-11)9-12(14(17)18)13-3-2-8-15-16-13/h2-8,12H,9H2,1H3,(H,17,18). The van der Waals surface area contributed by atoms with E-state index in [9.17, 15) is 9.90 Å². The quantitative estimate of drug-likeness (QED) is 0.886. The molecule has 1 N–H and O–H groups in total. The van der Waals surface area contributed by atoms with Crippen molar-refractivity contribution in [1.82, 2.24) is 10.2 Å². The van der Waals surface area contributed by atoms with E-state index in [-0.39, 0.29) is 0 Å². The van der Waals surface area contributed by atoms with Crippen molar-refractivity contribution in [2.75, 3.05) is 7.11 Å². The molecule has 5 heteroatoms. The summed E-state index contributed by atoms with van der Waals surface area (Å²) < 4.78 is 5.07. The minimum atomic E-state index is -0.906. The fourth-order valence-corrected chi connectivity index (χ4v) is 1.82. The Labute approximate surface area is 110 Å². The van der Waals surface area contributed by atoms with Crippen molar-refractivity contribution < 1.29 is 14.6 Å². The number of carboxylic acids is 1. The van der Waals surface area contributed by atoms with Crippen molar-refractivity contribution in [3.8, 4) is 5.75 Å². The van der Waals surface area contributed by atoms with Crippen molar-refractivity contribution >= 4 is 5.97 Å². The van der Waals surface area contributed by atoms with Crippen molar-refractivity contribution in [2.24, 2.45) is 0 Å². The topological polar surface area (TPSA) is 72.3 Å². The SMILES string of the molecule is COc1ccc(CC(C(=O)O)c2cccnn2)cc1. The van der Waals surface area contributed by atoms with Crippen LogP contribution < -0.4 is 4.74 Å². The molecule has 98 valence electrons. The minimum Gasteiger partial charge on any atom is -0.497 e. The number of hydrogen-bond acceptors (Lipinski definition) is 4. The number of methoxy groups -OCH3 is 1. The Bertz CT molecular complexity index is 540. The molecule has 0 bridgehead atoms. The van der Waals surface area contributed by atoms with Crippen LogP contribution in [0.15, 0.2) is 42.6 Å². The van der Waals surface area contributed by atoms with Crippen molar-refractivity contribution in [3.63, 3.8) is 0 Å². The molecular formula is C14H14N2O3. The predicted octanol–water partition coefficient (Wildman–Crippen LogP) is 1.90. The third-order valence-corrected chi connectivity index (χ3v) is 2.85. The molecule has 0 aliphatic heterocycles. The van der Waals surface area contributed by atoms with Crippen LogP contribution in [0.1, 0.15) is 17.2 Å². The Morgan fingerprint density at radius 1 is 1.32 bits per heavy atom. The number of benzene rings is 1. The third-order valence-electron chi connectivity index (χ3n) is 2.85. The molecule has 0 aliphatic carbocycles. The summed E-state index contributed by atoms with van der Waals surface area (Å²) in [5.41, 5.74) is 1.38. The molecule has 1 atom stereocenters. The van der Waals surface area contributed by atoms with E-state index in [4.69, 9.17) is 4.74 Å². The van der Waals surface area contributed by atoms with Crippen molar-refractivity contribution in [1.29, 1.82) is 0 Å². The van der Waals surface area contributed by atoms with Crippen molar-refractivity contribution in [2.45, 2.75) is 12.3 Å². The Morgan fingerprint density at radius 2 is 2.05 bits per heavy atom. The third kappa shape index (κ3) is 3.28. The number of aliphatic carboxylic acids is 1. The van der Waals surface area contributed by atoms with Gasteiger partial charge in [0.2, 0.25) is 0 Å². The lowest BCUT2D eigenvalue weighted by atomic mass is 9.96. The highest BCUT2D eigenvalue weighted by Crippen LogP contribution is 2.20. The smallest absolute Gasteiger partial charge is 0.313 e. The number of aromatic nitrogens is 2. The second-order valence-electron chi connectivity index (χ2n) is 4.09. The number of nitrogens with zero attached hydrogens (tertiary/aromatic N) is 2. The first-order chi connectivity index (χ1) is 9.20. The number of hydrogen-bond donors (Lipinski definition) is 1. The predicted molar refractivity (Wildman–Crippen MR) is 69.1 cm³/mol. The number of ether oxygens (including phenoxy) is 1. The summed E-state index contributed by atoms with van der Waals surface area (Å²) in [7, 11) is 1.59. The first kappa shape index (κ1) is 13.0. The van der Waals surface area contributed by atoms with Crippen LogP contribution >= 0.6 is 0 Å². The molecule has 1 aromatic carbocycles. The minimum absolute atomic E-state index is 0.373.